The Bertz CT molecular complexity index is 1360. The molecule has 7 nitrogen and oxygen atoms in total. The van der Waals surface area contributed by atoms with Crippen LogP contribution in [-0.2, 0) is 6.54 Å². The molecule has 2 heterocycles. The highest BCUT2D eigenvalue weighted by Gasteiger charge is 2.23. The fourth-order valence-corrected chi connectivity index (χ4v) is 3.83. The number of benzene rings is 3. The van der Waals surface area contributed by atoms with E-state index in [-0.39, 0.29) is 24.0 Å². The number of aromatic nitrogens is 2. The molecule has 0 aliphatic carbocycles. The quantitative estimate of drug-likeness (QED) is 0.485. The molecule has 5 rings (SSSR count). The highest BCUT2D eigenvalue weighted by molar-refractivity contribution is 6.04. The molecule has 0 N–H and O–H groups in total. The first-order valence-corrected chi connectivity index (χ1v) is 10.4. The molecule has 0 radical (unpaired) electrons. The summed E-state index contributed by atoms with van der Waals surface area (Å²) in [5.41, 5.74) is 1.51. The number of rotatable bonds is 5. The second kappa shape index (κ2) is 8.19. The summed E-state index contributed by atoms with van der Waals surface area (Å²) < 4.78 is 12.1. The van der Waals surface area contributed by atoms with Crippen LogP contribution < -0.4 is 15.0 Å². The number of hydrogen-bond acceptors (Lipinski definition) is 5. The average Bonchev–Trinajstić information content (AvgIpc) is 3.31. The summed E-state index contributed by atoms with van der Waals surface area (Å²) in [4.78, 5) is 28.4. The number of carbonyl (C=O) groups is 1. The van der Waals surface area contributed by atoms with Crippen molar-refractivity contribution in [3.8, 4) is 17.2 Å². The normalized spacial score (nSPS) is 12.2. The molecule has 160 valence electrons. The lowest BCUT2D eigenvalue weighted by molar-refractivity contribution is 0.0746. The zero-order valence-corrected chi connectivity index (χ0v) is 17.5. The standard InChI is InChI=1S/C25H21N3O4/c1-2-27(15-17-12-13-21-22(14-17)32-16-31-21)25(30)23-19-10-6-7-11-20(19)24(29)28(26-23)18-8-4-3-5-9-18/h3-14H,2,15-16H2,1H3. The Morgan fingerprint density at radius 1 is 0.969 bits per heavy atom. The van der Waals surface area contributed by atoms with Crippen LogP contribution in [0.5, 0.6) is 11.5 Å². The van der Waals surface area contributed by atoms with Crippen molar-refractivity contribution in [1.29, 1.82) is 0 Å². The Labute approximate surface area is 184 Å². The molecule has 32 heavy (non-hydrogen) atoms. The van der Waals surface area contributed by atoms with Gasteiger partial charge < -0.3 is 14.4 Å². The van der Waals surface area contributed by atoms with E-state index in [0.717, 1.165) is 5.56 Å². The SMILES string of the molecule is CCN(Cc1ccc2c(c1)OCO2)C(=O)c1nn(-c2ccccc2)c(=O)c2ccccc12. The Kier molecular flexibility index (Phi) is 5.07. The van der Waals surface area contributed by atoms with Crippen molar-refractivity contribution in [2.45, 2.75) is 13.5 Å². The van der Waals surface area contributed by atoms with Crippen LogP contribution in [0.15, 0.2) is 77.6 Å². The predicted molar refractivity (Wildman–Crippen MR) is 120 cm³/mol. The summed E-state index contributed by atoms with van der Waals surface area (Å²) in [5.74, 6) is 1.13. The summed E-state index contributed by atoms with van der Waals surface area (Å²) in [7, 11) is 0. The second-order valence-corrected chi connectivity index (χ2v) is 7.45. The molecule has 0 bridgehead atoms. The largest absolute Gasteiger partial charge is 0.454 e. The predicted octanol–water partition coefficient (Wildman–Crippen LogP) is 3.78. The van der Waals surface area contributed by atoms with E-state index in [1.54, 1.807) is 41.3 Å². The van der Waals surface area contributed by atoms with Gasteiger partial charge in [0.1, 0.15) is 0 Å². The maximum atomic E-state index is 13.6. The maximum absolute atomic E-state index is 13.6. The minimum absolute atomic E-state index is 0.201. The zero-order chi connectivity index (χ0) is 22.1. The van der Waals surface area contributed by atoms with E-state index in [1.807, 2.05) is 43.3 Å². The molecule has 4 aromatic rings. The van der Waals surface area contributed by atoms with Crippen LogP contribution in [0.25, 0.3) is 16.5 Å². The number of nitrogens with zero attached hydrogens (tertiary/aromatic N) is 3. The van der Waals surface area contributed by atoms with Gasteiger partial charge in [-0.25, -0.2) is 0 Å². The van der Waals surface area contributed by atoms with Crippen LogP contribution in [0, 0.1) is 0 Å². The number of ether oxygens (including phenoxy) is 2. The van der Waals surface area contributed by atoms with Gasteiger partial charge in [-0.3, -0.25) is 9.59 Å². The van der Waals surface area contributed by atoms with Gasteiger partial charge in [0.15, 0.2) is 17.2 Å². The Morgan fingerprint density at radius 2 is 1.69 bits per heavy atom. The molecule has 3 aromatic carbocycles. The van der Waals surface area contributed by atoms with Crippen molar-refractivity contribution < 1.29 is 14.3 Å². The molecule has 1 aliphatic heterocycles. The van der Waals surface area contributed by atoms with Crippen molar-refractivity contribution >= 4 is 16.7 Å². The molecule has 0 saturated carbocycles. The van der Waals surface area contributed by atoms with Crippen LogP contribution in [-0.4, -0.2) is 33.9 Å². The van der Waals surface area contributed by atoms with Gasteiger partial charge in [-0.15, -0.1) is 0 Å². The van der Waals surface area contributed by atoms with Gasteiger partial charge in [0, 0.05) is 18.5 Å². The van der Waals surface area contributed by atoms with E-state index < -0.39 is 0 Å². The van der Waals surface area contributed by atoms with Gasteiger partial charge in [0.25, 0.3) is 11.5 Å². The van der Waals surface area contributed by atoms with Crippen molar-refractivity contribution in [2.75, 3.05) is 13.3 Å². The number of carbonyl (C=O) groups excluding carboxylic acids is 1. The first-order valence-electron chi connectivity index (χ1n) is 10.4. The maximum Gasteiger partial charge on any atom is 0.279 e. The molecule has 1 aliphatic rings. The Balaban J connectivity index is 1.57. The number of fused-ring (bicyclic) bond motifs is 2. The van der Waals surface area contributed by atoms with E-state index in [4.69, 9.17) is 9.47 Å². The molecule has 7 heteroatoms. The van der Waals surface area contributed by atoms with Gasteiger partial charge in [-0.2, -0.15) is 9.78 Å². The molecule has 0 spiro atoms. The first kappa shape index (κ1) is 19.8. The van der Waals surface area contributed by atoms with Crippen LogP contribution >= 0.6 is 0 Å². The van der Waals surface area contributed by atoms with Crippen molar-refractivity contribution in [1.82, 2.24) is 14.7 Å². The third-order valence-corrected chi connectivity index (χ3v) is 5.49. The molecule has 0 fully saturated rings. The van der Waals surface area contributed by atoms with Crippen molar-refractivity contribution in [2.24, 2.45) is 0 Å². The summed E-state index contributed by atoms with van der Waals surface area (Å²) in [6.45, 7) is 2.98. The molecule has 0 saturated heterocycles. The van der Waals surface area contributed by atoms with E-state index >= 15 is 0 Å². The van der Waals surface area contributed by atoms with E-state index in [9.17, 15) is 9.59 Å². The highest BCUT2D eigenvalue weighted by atomic mass is 16.7. The fraction of sp³-hybridized carbons (Fsp3) is 0.160. The van der Waals surface area contributed by atoms with Crippen LogP contribution in [0.3, 0.4) is 0 Å². The third-order valence-electron chi connectivity index (χ3n) is 5.49. The van der Waals surface area contributed by atoms with Crippen LogP contribution in [0.2, 0.25) is 0 Å². The Morgan fingerprint density at radius 3 is 2.47 bits per heavy atom. The average molecular weight is 427 g/mol. The van der Waals surface area contributed by atoms with Gasteiger partial charge in [0.05, 0.1) is 11.1 Å². The first-order chi connectivity index (χ1) is 15.7. The third kappa shape index (κ3) is 3.47. The zero-order valence-electron chi connectivity index (χ0n) is 17.5. The Hall–Kier alpha value is -4.13. The number of para-hydroxylation sites is 1. The highest BCUT2D eigenvalue weighted by Crippen LogP contribution is 2.33. The monoisotopic (exact) mass is 427 g/mol. The van der Waals surface area contributed by atoms with Crippen LogP contribution in [0.1, 0.15) is 23.0 Å². The molecule has 0 unspecified atom stereocenters. The molecule has 0 atom stereocenters. The van der Waals surface area contributed by atoms with Crippen LogP contribution in [0.4, 0.5) is 0 Å². The van der Waals surface area contributed by atoms with E-state index in [0.29, 0.717) is 41.0 Å². The molecule has 1 amide bonds. The van der Waals surface area contributed by atoms with Gasteiger partial charge in [0.2, 0.25) is 6.79 Å². The summed E-state index contributed by atoms with van der Waals surface area (Å²) >= 11 is 0. The molecular weight excluding hydrogens is 406 g/mol. The fourth-order valence-electron chi connectivity index (χ4n) is 3.83. The van der Waals surface area contributed by atoms with Gasteiger partial charge in [-0.05, 0) is 42.8 Å². The lowest BCUT2D eigenvalue weighted by Gasteiger charge is -2.22. The number of amides is 1. The van der Waals surface area contributed by atoms with E-state index in [1.165, 1.54) is 4.68 Å². The summed E-state index contributed by atoms with van der Waals surface area (Å²) in [6.07, 6.45) is 0. The lowest BCUT2D eigenvalue weighted by Crippen LogP contribution is -2.33. The smallest absolute Gasteiger partial charge is 0.279 e. The number of hydrogen-bond donors (Lipinski definition) is 0. The lowest BCUT2D eigenvalue weighted by atomic mass is 10.1. The molecular formula is C25H21N3O4. The van der Waals surface area contributed by atoms with Crippen molar-refractivity contribution in [3.05, 3.63) is 94.4 Å². The van der Waals surface area contributed by atoms with Gasteiger partial charge >= 0.3 is 0 Å². The van der Waals surface area contributed by atoms with E-state index in [2.05, 4.69) is 5.10 Å². The van der Waals surface area contributed by atoms with Gasteiger partial charge in [-0.1, -0.05) is 42.5 Å². The summed E-state index contributed by atoms with van der Waals surface area (Å²) in [5, 5.41) is 5.50. The topological polar surface area (TPSA) is 73.7 Å². The minimum atomic E-state index is -0.262. The van der Waals surface area contributed by atoms with Crippen molar-refractivity contribution in [3.63, 3.8) is 0 Å². The summed E-state index contributed by atoms with van der Waals surface area (Å²) in [6, 6.07) is 21.8. The minimum Gasteiger partial charge on any atom is -0.454 e. The molecule has 1 aromatic heterocycles. The second-order valence-electron chi connectivity index (χ2n) is 7.45.